The zero-order chi connectivity index (χ0) is 13.2. The van der Waals surface area contributed by atoms with Gasteiger partial charge in [0.05, 0.1) is 0 Å². The standard InChI is InChI=1S/C9H15N3O4S/c1-4-12-5-8(10-7(12)3)17(15,16)11-6(2)9(13)14/h5-6,11H,4H2,1-3H3,(H,13,14). The predicted molar refractivity (Wildman–Crippen MR) is 60.1 cm³/mol. The number of rotatable bonds is 5. The number of carboxylic acid groups (broad SMARTS) is 1. The molecule has 1 atom stereocenters. The second-order valence-electron chi connectivity index (χ2n) is 3.59. The third-order valence-electron chi connectivity index (χ3n) is 2.27. The van der Waals surface area contributed by atoms with Crippen LogP contribution in [-0.2, 0) is 21.4 Å². The summed E-state index contributed by atoms with van der Waals surface area (Å²) in [5, 5.41) is 8.48. The van der Waals surface area contributed by atoms with Crippen LogP contribution in [0.1, 0.15) is 19.7 Å². The van der Waals surface area contributed by atoms with Crippen LogP contribution >= 0.6 is 0 Å². The first-order valence-electron chi connectivity index (χ1n) is 5.07. The number of aliphatic carboxylic acids is 1. The van der Waals surface area contributed by atoms with Crippen molar-refractivity contribution in [1.82, 2.24) is 14.3 Å². The van der Waals surface area contributed by atoms with Crippen molar-refractivity contribution in [2.24, 2.45) is 0 Å². The van der Waals surface area contributed by atoms with Crippen LogP contribution in [0.25, 0.3) is 0 Å². The van der Waals surface area contributed by atoms with Gasteiger partial charge in [-0.05, 0) is 20.8 Å². The van der Waals surface area contributed by atoms with Crippen LogP contribution in [0.4, 0.5) is 0 Å². The molecule has 0 radical (unpaired) electrons. The summed E-state index contributed by atoms with van der Waals surface area (Å²) in [5.41, 5.74) is 0. The zero-order valence-electron chi connectivity index (χ0n) is 9.84. The van der Waals surface area contributed by atoms with Crippen LogP contribution in [0.2, 0.25) is 0 Å². The molecule has 17 heavy (non-hydrogen) atoms. The highest BCUT2D eigenvalue weighted by molar-refractivity contribution is 7.89. The van der Waals surface area contributed by atoms with Crippen LogP contribution in [0, 0.1) is 6.92 Å². The molecule has 0 aliphatic carbocycles. The van der Waals surface area contributed by atoms with Gasteiger partial charge in [0.2, 0.25) is 0 Å². The van der Waals surface area contributed by atoms with E-state index < -0.39 is 22.0 Å². The van der Waals surface area contributed by atoms with E-state index in [1.807, 2.05) is 11.6 Å². The van der Waals surface area contributed by atoms with Gasteiger partial charge in [-0.25, -0.2) is 13.4 Å². The average Bonchev–Trinajstić information content (AvgIpc) is 2.59. The Balaban J connectivity index is 3.01. The third kappa shape index (κ3) is 3.04. The van der Waals surface area contributed by atoms with Gasteiger partial charge in [0.25, 0.3) is 10.0 Å². The molecule has 0 spiro atoms. The molecule has 1 aromatic rings. The number of aryl methyl sites for hydroxylation is 2. The van der Waals surface area contributed by atoms with Crippen molar-refractivity contribution in [2.75, 3.05) is 0 Å². The minimum Gasteiger partial charge on any atom is -0.480 e. The first kappa shape index (κ1) is 13.7. The molecule has 0 fully saturated rings. The van der Waals surface area contributed by atoms with Gasteiger partial charge in [0, 0.05) is 12.7 Å². The Morgan fingerprint density at radius 1 is 1.65 bits per heavy atom. The van der Waals surface area contributed by atoms with E-state index in [2.05, 4.69) is 4.98 Å². The summed E-state index contributed by atoms with van der Waals surface area (Å²) in [6.45, 7) is 5.40. The monoisotopic (exact) mass is 261 g/mol. The fourth-order valence-corrected chi connectivity index (χ4v) is 2.48. The Hall–Kier alpha value is -1.41. The molecular weight excluding hydrogens is 246 g/mol. The normalized spacial score (nSPS) is 13.6. The number of hydrogen-bond acceptors (Lipinski definition) is 4. The van der Waals surface area contributed by atoms with E-state index in [1.165, 1.54) is 13.1 Å². The van der Waals surface area contributed by atoms with Gasteiger partial charge in [-0.2, -0.15) is 4.72 Å². The summed E-state index contributed by atoms with van der Waals surface area (Å²) in [5.74, 6) is -0.670. The number of nitrogens with one attached hydrogen (secondary N) is 1. The topological polar surface area (TPSA) is 101 Å². The number of hydrogen-bond donors (Lipinski definition) is 2. The Labute approximate surface area is 99.5 Å². The molecule has 0 saturated carbocycles. The summed E-state index contributed by atoms with van der Waals surface area (Å²) in [6, 6.07) is -1.19. The molecule has 1 unspecified atom stereocenters. The van der Waals surface area contributed by atoms with Crippen molar-refractivity contribution >= 4 is 16.0 Å². The second-order valence-corrected chi connectivity index (χ2v) is 5.25. The Morgan fingerprint density at radius 3 is 2.65 bits per heavy atom. The first-order chi connectivity index (χ1) is 7.77. The number of aromatic nitrogens is 2. The summed E-state index contributed by atoms with van der Waals surface area (Å²) >= 11 is 0. The third-order valence-corrected chi connectivity index (χ3v) is 3.68. The summed E-state index contributed by atoms with van der Waals surface area (Å²) in [7, 11) is -3.88. The molecule has 1 rings (SSSR count). The highest BCUT2D eigenvalue weighted by Gasteiger charge is 2.24. The predicted octanol–water partition coefficient (Wildman–Crippen LogP) is -0.0372. The summed E-state index contributed by atoms with van der Waals surface area (Å²) < 4.78 is 27.3. The second kappa shape index (κ2) is 4.84. The Bertz CT molecular complexity index is 520. The molecule has 7 nitrogen and oxygen atoms in total. The lowest BCUT2D eigenvalue weighted by molar-refractivity contribution is -0.138. The number of carboxylic acids is 1. The fraction of sp³-hybridized carbons (Fsp3) is 0.556. The number of nitrogens with zero attached hydrogens (tertiary/aromatic N) is 2. The van der Waals surface area contributed by atoms with E-state index in [9.17, 15) is 13.2 Å². The average molecular weight is 261 g/mol. The van der Waals surface area contributed by atoms with Crippen molar-refractivity contribution < 1.29 is 18.3 Å². The fourth-order valence-electron chi connectivity index (χ4n) is 1.27. The zero-order valence-corrected chi connectivity index (χ0v) is 10.7. The molecule has 0 aliphatic rings. The molecule has 0 saturated heterocycles. The molecule has 0 amide bonds. The van der Waals surface area contributed by atoms with E-state index in [0.717, 1.165) is 0 Å². The van der Waals surface area contributed by atoms with Crippen molar-refractivity contribution in [2.45, 2.75) is 38.4 Å². The van der Waals surface area contributed by atoms with Crippen molar-refractivity contribution in [3.8, 4) is 0 Å². The molecule has 96 valence electrons. The number of imidazole rings is 1. The molecule has 0 aliphatic heterocycles. The largest absolute Gasteiger partial charge is 0.480 e. The van der Waals surface area contributed by atoms with Crippen LogP contribution in [0.15, 0.2) is 11.2 Å². The van der Waals surface area contributed by atoms with Gasteiger partial charge in [-0.1, -0.05) is 0 Å². The van der Waals surface area contributed by atoms with Crippen molar-refractivity contribution in [3.63, 3.8) is 0 Å². The molecule has 0 bridgehead atoms. The quantitative estimate of drug-likeness (QED) is 0.774. The van der Waals surface area contributed by atoms with Crippen LogP contribution in [0.3, 0.4) is 0 Å². The number of carbonyl (C=O) groups is 1. The molecule has 8 heteroatoms. The van der Waals surface area contributed by atoms with Crippen LogP contribution in [-0.4, -0.2) is 35.1 Å². The van der Waals surface area contributed by atoms with E-state index in [-0.39, 0.29) is 5.03 Å². The van der Waals surface area contributed by atoms with Gasteiger partial charge in [0.15, 0.2) is 5.03 Å². The lowest BCUT2D eigenvalue weighted by Gasteiger charge is -2.07. The molecular formula is C9H15N3O4S. The lowest BCUT2D eigenvalue weighted by Crippen LogP contribution is -2.38. The smallest absolute Gasteiger partial charge is 0.321 e. The minimum absolute atomic E-state index is 0.162. The lowest BCUT2D eigenvalue weighted by atomic mass is 10.4. The minimum atomic E-state index is -3.88. The molecule has 1 heterocycles. The van der Waals surface area contributed by atoms with Crippen LogP contribution in [0.5, 0.6) is 0 Å². The maximum atomic E-state index is 11.8. The maximum absolute atomic E-state index is 11.8. The van der Waals surface area contributed by atoms with Crippen molar-refractivity contribution in [3.05, 3.63) is 12.0 Å². The van der Waals surface area contributed by atoms with Gasteiger partial charge >= 0.3 is 5.97 Å². The van der Waals surface area contributed by atoms with Crippen LogP contribution < -0.4 is 4.72 Å². The molecule has 0 aromatic carbocycles. The molecule has 1 aromatic heterocycles. The van der Waals surface area contributed by atoms with E-state index in [4.69, 9.17) is 5.11 Å². The van der Waals surface area contributed by atoms with E-state index in [1.54, 1.807) is 11.5 Å². The van der Waals surface area contributed by atoms with Gasteiger partial charge in [-0.15, -0.1) is 0 Å². The highest BCUT2D eigenvalue weighted by atomic mass is 32.2. The summed E-state index contributed by atoms with van der Waals surface area (Å²) in [6.07, 6.45) is 1.38. The SMILES string of the molecule is CCn1cc(S(=O)(=O)NC(C)C(=O)O)nc1C. The Kier molecular flexibility index (Phi) is 3.89. The van der Waals surface area contributed by atoms with E-state index in [0.29, 0.717) is 12.4 Å². The van der Waals surface area contributed by atoms with Gasteiger partial charge in [0.1, 0.15) is 11.9 Å². The first-order valence-corrected chi connectivity index (χ1v) is 6.55. The number of sulfonamides is 1. The highest BCUT2D eigenvalue weighted by Crippen LogP contribution is 2.09. The maximum Gasteiger partial charge on any atom is 0.321 e. The van der Waals surface area contributed by atoms with Gasteiger partial charge in [-0.3, -0.25) is 4.79 Å². The van der Waals surface area contributed by atoms with Crippen molar-refractivity contribution in [1.29, 1.82) is 0 Å². The molecule has 2 N–H and O–H groups in total. The van der Waals surface area contributed by atoms with Gasteiger partial charge < -0.3 is 9.67 Å². The Morgan fingerprint density at radius 2 is 2.24 bits per heavy atom. The van der Waals surface area contributed by atoms with E-state index >= 15 is 0 Å². The summed E-state index contributed by atoms with van der Waals surface area (Å²) in [4.78, 5) is 14.5.